The highest BCUT2D eigenvalue weighted by Crippen LogP contribution is 2.25. The quantitative estimate of drug-likeness (QED) is 0.678. The van der Waals surface area contributed by atoms with Gasteiger partial charge in [-0.1, -0.05) is 6.92 Å². The highest BCUT2D eigenvalue weighted by molar-refractivity contribution is 5.82. The summed E-state index contributed by atoms with van der Waals surface area (Å²) >= 11 is 0. The van der Waals surface area contributed by atoms with E-state index >= 15 is 0 Å². The second-order valence-corrected chi connectivity index (χ2v) is 4.39. The lowest BCUT2D eigenvalue weighted by molar-refractivity contribution is -0.116. The molecular formula is C11H19NO2. The summed E-state index contributed by atoms with van der Waals surface area (Å²) in [5, 5.41) is 0. The van der Waals surface area contributed by atoms with Crippen LogP contribution in [0.3, 0.4) is 0 Å². The topological polar surface area (TPSA) is 29.5 Å². The number of carbonyl (C=O) groups excluding carboxylic acids is 1. The lowest BCUT2D eigenvalue weighted by Gasteiger charge is -2.22. The summed E-state index contributed by atoms with van der Waals surface area (Å²) < 4.78 is 5.64. The van der Waals surface area contributed by atoms with E-state index in [2.05, 4.69) is 11.8 Å². The number of Topliss-reactive ketones (excluding diaryl/α,β-unsaturated/α-hetero) is 1. The third-order valence-electron chi connectivity index (χ3n) is 3.35. The summed E-state index contributed by atoms with van der Waals surface area (Å²) in [7, 11) is 0. The van der Waals surface area contributed by atoms with Crippen molar-refractivity contribution in [3.63, 3.8) is 0 Å². The van der Waals surface area contributed by atoms with Crippen LogP contribution in [0, 0.1) is 5.92 Å². The Kier molecular flexibility index (Phi) is 3.19. The Morgan fingerprint density at radius 3 is 3.07 bits per heavy atom. The Hall–Kier alpha value is -0.410. The monoisotopic (exact) mass is 197 g/mol. The van der Waals surface area contributed by atoms with Gasteiger partial charge in [0.1, 0.15) is 5.78 Å². The maximum Gasteiger partial charge on any atom is 0.148 e. The van der Waals surface area contributed by atoms with Gasteiger partial charge in [-0.25, -0.2) is 0 Å². The highest BCUT2D eigenvalue weighted by Gasteiger charge is 2.30. The molecule has 2 rings (SSSR count). The number of hydrogen-bond acceptors (Lipinski definition) is 3. The average Bonchev–Trinajstić information content (AvgIpc) is 2.76. The van der Waals surface area contributed by atoms with E-state index in [0.717, 1.165) is 32.5 Å². The maximum absolute atomic E-state index is 11.1. The molecule has 0 amide bonds. The Bertz CT molecular complexity index is 217. The van der Waals surface area contributed by atoms with E-state index in [-0.39, 0.29) is 0 Å². The first-order valence-corrected chi connectivity index (χ1v) is 5.65. The van der Waals surface area contributed by atoms with Crippen molar-refractivity contribution in [3.8, 4) is 0 Å². The minimum atomic E-state index is 0.400. The number of nitrogens with zero attached hydrogens (tertiary/aromatic N) is 1. The number of hydrogen-bond donors (Lipinski definition) is 0. The minimum Gasteiger partial charge on any atom is -0.378 e. The van der Waals surface area contributed by atoms with Crippen molar-refractivity contribution in [2.24, 2.45) is 5.92 Å². The van der Waals surface area contributed by atoms with Crippen LogP contribution in [-0.4, -0.2) is 43.0 Å². The Morgan fingerprint density at radius 2 is 2.43 bits per heavy atom. The molecule has 0 aromatic carbocycles. The van der Waals surface area contributed by atoms with E-state index in [1.807, 2.05) is 0 Å². The largest absolute Gasteiger partial charge is 0.378 e. The van der Waals surface area contributed by atoms with Crippen molar-refractivity contribution in [1.82, 2.24) is 4.90 Å². The van der Waals surface area contributed by atoms with Gasteiger partial charge in [0.15, 0.2) is 0 Å². The molecule has 3 nitrogen and oxygen atoms in total. The summed E-state index contributed by atoms with van der Waals surface area (Å²) in [5.74, 6) is 1.06. The van der Waals surface area contributed by atoms with Gasteiger partial charge in [-0.2, -0.15) is 0 Å². The fraction of sp³-hybridized carbons (Fsp3) is 0.909. The van der Waals surface area contributed by atoms with Gasteiger partial charge in [-0.05, 0) is 18.8 Å². The third kappa shape index (κ3) is 2.15. The zero-order valence-corrected chi connectivity index (χ0v) is 8.87. The van der Waals surface area contributed by atoms with E-state index in [1.165, 1.54) is 6.42 Å². The summed E-state index contributed by atoms with van der Waals surface area (Å²) in [6.45, 7) is 5.78. The van der Waals surface area contributed by atoms with Crippen LogP contribution in [0.15, 0.2) is 0 Å². The predicted molar refractivity (Wildman–Crippen MR) is 54.2 cm³/mol. The smallest absolute Gasteiger partial charge is 0.148 e. The van der Waals surface area contributed by atoms with Crippen molar-refractivity contribution in [2.75, 3.05) is 26.2 Å². The van der Waals surface area contributed by atoms with Crippen molar-refractivity contribution >= 4 is 5.78 Å². The van der Waals surface area contributed by atoms with Crippen LogP contribution < -0.4 is 0 Å². The normalized spacial score (nSPS) is 34.2. The van der Waals surface area contributed by atoms with E-state index in [4.69, 9.17) is 4.74 Å². The summed E-state index contributed by atoms with van der Waals surface area (Å²) in [6, 6.07) is 0. The fourth-order valence-electron chi connectivity index (χ4n) is 2.53. The molecule has 2 heterocycles. The first-order chi connectivity index (χ1) is 6.79. The van der Waals surface area contributed by atoms with Gasteiger partial charge in [0, 0.05) is 26.1 Å². The second-order valence-electron chi connectivity index (χ2n) is 4.39. The molecule has 0 aromatic heterocycles. The van der Waals surface area contributed by atoms with Gasteiger partial charge in [0.25, 0.3) is 0 Å². The molecule has 2 unspecified atom stereocenters. The fourth-order valence-corrected chi connectivity index (χ4v) is 2.53. The molecule has 2 fully saturated rings. The molecule has 0 bridgehead atoms. The maximum atomic E-state index is 11.1. The Balaban J connectivity index is 1.81. The third-order valence-corrected chi connectivity index (χ3v) is 3.35. The minimum absolute atomic E-state index is 0.400. The van der Waals surface area contributed by atoms with E-state index in [9.17, 15) is 4.79 Å². The van der Waals surface area contributed by atoms with E-state index in [1.54, 1.807) is 0 Å². The molecule has 0 spiro atoms. The molecule has 2 saturated heterocycles. The summed E-state index contributed by atoms with van der Waals surface area (Å²) in [6.07, 6.45) is 3.46. The van der Waals surface area contributed by atoms with Crippen LogP contribution >= 0.6 is 0 Å². The first-order valence-electron chi connectivity index (χ1n) is 5.65. The van der Waals surface area contributed by atoms with Crippen molar-refractivity contribution in [3.05, 3.63) is 0 Å². The molecule has 0 saturated carbocycles. The van der Waals surface area contributed by atoms with Crippen LogP contribution in [-0.2, 0) is 9.53 Å². The standard InChI is InChI=1S/C11H19NO2/c1-2-11-9(4-6-14-11)7-12-5-3-10(13)8-12/h9,11H,2-8H2,1H3. The first kappa shape index (κ1) is 10.1. The number of ketones is 1. The predicted octanol–water partition coefficient (Wildman–Crippen LogP) is 1.08. The van der Waals surface area contributed by atoms with Gasteiger partial charge in [0.2, 0.25) is 0 Å². The molecule has 2 aliphatic heterocycles. The van der Waals surface area contributed by atoms with Gasteiger partial charge < -0.3 is 4.74 Å². The number of likely N-dealkylation sites (tertiary alicyclic amines) is 1. The molecule has 0 N–H and O–H groups in total. The van der Waals surface area contributed by atoms with Crippen molar-refractivity contribution < 1.29 is 9.53 Å². The summed E-state index contributed by atoms with van der Waals surface area (Å²) in [4.78, 5) is 13.4. The van der Waals surface area contributed by atoms with Gasteiger partial charge in [0.05, 0.1) is 12.6 Å². The lowest BCUT2D eigenvalue weighted by atomic mass is 9.99. The van der Waals surface area contributed by atoms with E-state index in [0.29, 0.717) is 24.3 Å². The molecule has 2 aliphatic rings. The molecule has 2 atom stereocenters. The Labute approximate surface area is 85.4 Å². The molecule has 3 heteroatoms. The number of carbonyl (C=O) groups is 1. The SMILES string of the molecule is CCC1OCCC1CN1CCC(=O)C1. The molecule has 0 aromatic rings. The average molecular weight is 197 g/mol. The number of rotatable bonds is 3. The van der Waals surface area contributed by atoms with Gasteiger partial charge in [-0.15, -0.1) is 0 Å². The molecule has 0 aliphatic carbocycles. The summed E-state index contributed by atoms with van der Waals surface area (Å²) in [5.41, 5.74) is 0. The molecule has 14 heavy (non-hydrogen) atoms. The van der Waals surface area contributed by atoms with Crippen LogP contribution in [0.4, 0.5) is 0 Å². The van der Waals surface area contributed by atoms with Crippen molar-refractivity contribution in [1.29, 1.82) is 0 Å². The zero-order valence-electron chi connectivity index (χ0n) is 8.87. The molecular weight excluding hydrogens is 178 g/mol. The van der Waals surface area contributed by atoms with Crippen LogP contribution in [0.1, 0.15) is 26.2 Å². The lowest BCUT2D eigenvalue weighted by Crippen LogP contribution is -2.31. The van der Waals surface area contributed by atoms with E-state index < -0.39 is 0 Å². The highest BCUT2D eigenvalue weighted by atomic mass is 16.5. The van der Waals surface area contributed by atoms with Gasteiger partial charge in [-0.3, -0.25) is 9.69 Å². The zero-order chi connectivity index (χ0) is 9.97. The van der Waals surface area contributed by atoms with Crippen LogP contribution in [0.5, 0.6) is 0 Å². The molecule has 0 radical (unpaired) electrons. The van der Waals surface area contributed by atoms with Gasteiger partial charge >= 0.3 is 0 Å². The second kappa shape index (κ2) is 4.41. The molecule has 80 valence electrons. The van der Waals surface area contributed by atoms with Crippen LogP contribution in [0.2, 0.25) is 0 Å². The number of ether oxygens (including phenoxy) is 1. The van der Waals surface area contributed by atoms with Crippen LogP contribution in [0.25, 0.3) is 0 Å². The van der Waals surface area contributed by atoms with Crippen molar-refractivity contribution in [2.45, 2.75) is 32.3 Å². The Morgan fingerprint density at radius 1 is 1.57 bits per heavy atom.